The fourth-order valence-corrected chi connectivity index (χ4v) is 1.27. The van der Waals surface area contributed by atoms with Gasteiger partial charge in [0.1, 0.15) is 6.10 Å². The van der Waals surface area contributed by atoms with E-state index in [2.05, 4.69) is 0 Å². The van der Waals surface area contributed by atoms with Gasteiger partial charge in [0.25, 0.3) is 0 Å². The molecular formula is C8H11NO4. The summed E-state index contributed by atoms with van der Waals surface area (Å²) >= 11 is 0. The van der Waals surface area contributed by atoms with E-state index in [0.717, 1.165) is 0 Å². The maximum Gasteiger partial charge on any atom is 0.303 e. The van der Waals surface area contributed by atoms with Crippen LogP contribution in [0.3, 0.4) is 0 Å². The van der Waals surface area contributed by atoms with Crippen LogP contribution in [0, 0.1) is 10.1 Å². The molecule has 2 atom stereocenters. The van der Waals surface area contributed by atoms with E-state index in [-0.39, 0.29) is 17.0 Å². The summed E-state index contributed by atoms with van der Waals surface area (Å²) in [5, 5.41) is 10.3. The van der Waals surface area contributed by atoms with Gasteiger partial charge in [-0.15, -0.1) is 0 Å². The molecule has 13 heavy (non-hydrogen) atoms. The van der Waals surface area contributed by atoms with Crippen molar-refractivity contribution in [1.29, 1.82) is 0 Å². The lowest BCUT2D eigenvalue weighted by atomic mass is 10.0. The fourth-order valence-electron chi connectivity index (χ4n) is 1.27. The van der Waals surface area contributed by atoms with Crippen LogP contribution in [0.4, 0.5) is 0 Å². The maximum atomic E-state index is 10.5. The Balaban J connectivity index is 2.47. The van der Waals surface area contributed by atoms with Gasteiger partial charge in [0, 0.05) is 18.3 Å². The first kappa shape index (κ1) is 9.70. The van der Waals surface area contributed by atoms with E-state index in [1.165, 1.54) is 13.0 Å². The van der Waals surface area contributed by atoms with Crippen molar-refractivity contribution in [2.24, 2.45) is 0 Å². The molecule has 0 N–H and O–H groups in total. The summed E-state index contributed by atoms with van der Waals surface area (Å²) in [6.45, 7) is 1.33. The highest BCUT2D eigenvalue weighted by atomic mass is 16.6. The zero-order valence-corrected chi connectivity index (χ0v) is 7.30. The Morgan fingerprint density at radius 2 is 2.23 bits per heavy atom. The van der Waals surface area contributed by atoms with Gasteiger partial charge < -0.3 is 4.74 Å². The highest BCUT2D eigenvalue weighted by Crippen LogP contribution is 2.16. The molecule has 1 rings (SSSR count). The van der Waals surface area contributed by atoms with E-state index in [1.807, 2.05) is 0 Å². The van der Waals surface area contributed by atoms with Gasteiger partial charge in [-0.05, 0) is 18.6 Å². The van der Waals surface area contributed by atoms with Gasteiger partial charge in [0.15, 0.2) is 0 Å². The predicted octanol–water partition coefficient (Wildman–Crippen LogP) is 0.913. The average Bonchev–Trinajstić information content (AvgIpc) is 2.04. The van der Waals surface area contributed by atoms with E-state index in [0.29, 0.717) is 12.8 Å². The van der Waals surface area contributed by atoms with Gasteiger partial charge in [-0.2, -0.15) is 0 Å². The van der Waals surface area contributed by atoms with Crippen LogP contribution >= 0.6 is 0 Å². The topological polar surface area (TPSA) is 69.4 Å². The van der Waals surface area contributed by atoms with Gasteiger partial charge >= 0.3 is 5.97 Å². The molecule has 0 heterocycles. The Morgan fingerprint density at radius 1 is 1.54 bits per heavy atom. The monoisotopic (exact) mass is 185 g/mol. The van der Waals surface area contributed by atoms with Gasteiger partial charge in [-0.3, -0.25) is 14.9 Å². The highest BCUT2D eigenvalue weighted by molar-refractivity contribution is 5.66. The molecule has 5 nitrogen and oxygen atoms in total. The lowest BCUT2D eigenvalue weighted by Gasteiger charge is -2.17. The third-order valence-electron chi connectivity index (χ3n) is 1.88. The molecule has 0 aromatic rings. The summed E-state index contributed by atoms with van der Waals surface area (Å²) in [6.07, 6.45) is 3.74. The summed E-state index contributed by atoms with van der Waals surface area (Å²) < 4.78 is 4.87. The summed E-state index contributed by atoms with van der Waals surface area (Å²) in [7, 11) is 0. The second-order valence-corrected chi connectivity index (χ2v) is 2.96. The molecule has 5 heteroatoms. The van der Waals surface area contributed by atoms with Gasteiger partial charge in [0.2, 0.25) is 6.04 Å². The molecule has 0 amide bonds. The zero-order chi connectivity index (χ0) is 9.84. The second-order valence-electron chi connectivity index (χ2n) is 2.96. The fraction of sp³-hybridized carbons (Fsp3) is 0.625. The quantitative estimate of drug-likeness (QED) is 0.277. The van der Waals surface area contributed by atoms with E-state index in [9.17, 15) is 14.9 Å². The molecule has 0 aliphatic heterocycles. The highest BCUT2D eigenvalue weighted by Gasteiger charge is 2.24. The maximum absolute atomic E-state index is 10.5. The summed E-state index contributed by atoms with van der Waals surface area (Å²) in [5.41, 5.74) is 0. The van der Waals surface area contributed by atoms with Crippen molar-refractivity contribution in [2.75, 3.05) is 0 Å². The molecule has 0 fully saturated rings. The van der Waals surface area contributed by atoms with Crippen molar-refractivity contribution in [2.45, 2.75) is 31.9 Å². The average molecular weight is 185 g/mol. The first-order chi connectivity index (χ1) is 6.09. The third kappa shape index (κ3) is 2.85. The summed E-state index contributed by atoms with van der Waals surface area (Å²) in [6, 6.07) is -0.619. The minimum absolute atomic E-state index is 0.284. The third-order valence-corrected chi connectivity index (χ3v) is 1.88. The summed E-state index contributed by atoms with van der Waals surface area (Å²) in [4.78, 5) is 20.5. The predicted molar refractivity (Wildman–Crippen MR) is 44.7 cm³/mol. The number of hydrogen-bond donors (Lipinski definition) is 0. The molecule has 1 aliphatic carbocycles. The minimum atomic E-state index is -0.619. The molecule has 0 saturated carbocycles. The van der Waals surface area contributed by atoms with E-state index >= 15 is 0 Å². The van der Waals surface area contributed by atoms with Crippen LogP contribution in [0.5, 0.6) is 0 Å². The van der Waals surface area contributed by atoms with Crippen LogP contribution in [0.2, 0.25) is 0 Å². The number of nitro groups is 1. The molecule has 72 valence electrons. The Hall–Kier alpha value is -1.39. The molecule has 0 aromatic heterocycles. The first-order valence-corrected chi connectivity index (χ1v) is 4.08. The Morgan fingerprint density at radius 3 is 2.62 bits per heavy atom. The number of esters is 1. The summed E-state index contributed by atoms with van der Waals surface area (Å²) in [5.74, 6) is -0.353. The Kier molecular flexibility index (Phi) is 3.00. The number of carbonyl (C=O) groups excluding carboxylic acids is 1. The number of ether oxygens (including phenoxy) is 1. The van der Waals surface area contributed by atoms with E-state index in [4.69, 9.17) is 4.74 Å². The van der Waals surface area contributed by atoms with Crippen LogP contribution in [0.15, 0.2) is 12.2 Å². The van der Waals surface area contributed by atoms with Crippen LogP contribution < -0.4 is 0 Å². The van der Waals surface area contributed by atoms with Crippen LogP contribution in [-0.2, 0) is 9.53 Å². The first-order valence-electron chi connectivity index (χ1n) is 4.08. The normalized spacial score (nSPS) is 26.8. The SMILES string of the molecule is CC(=O)OC1C=CC([N+](=O)[O-])CC1. The van der Waals surface area contributed by atoms with Crippen molar-refractivity contribution in [3.05, 3.63) is 22.3 Å². The zero-order valence-electron chi connectivity index (χ0n) is 7.30. The largest absolute Gasteiger partial charge is 0.458 e. The molecule has 0 radical (unpaired) electrons. The number of rotatable bonds is 2. The lowest BCUT2D eigenvalue weighted by Crippen LogP contribution is -2.25. The van der Waals surface area contributed by atoms with Crippen molar-refractivity contribution in [3.8, 4) is 0 Å². The molecule has 1 aliphatic rings. The lowest BCUT2D eigenvalue weighted by molar-refractivity contribution is -0.511. The Bertz CT molecular complexity index is 249. The number of hydrogen-bond acceptors (Lipinski definition) is 4. The van der Waals surface area contributed by atoms with Crippen molar-refractivity contribution >= 4 is 5.97 Å². The minimum Gasteiger partial charge on any atom is -0.458 e. The smallest absolute Gasteiger partial charge is 0.303 e. The molecule has 0 aromatic carbocycles. The number of carbonyl (C=O) groups is 1. The molecule has 0 spiro atoms. The van der Waals surface area contributed by atoms with Crippen molar-refractivity contribution < 1.29 is 14.5 Å². The molecule has 0 saturated heterocycles. The molecule has 2 unspecified atom stereocenters. The van der Waals surface area contributed by atoms with Gasteiger partial charge in [-0.1, -0.05) is 0 Å². The van der Waals surface area contributed by atoms with Crippen LogP contribution in [0.1, 0.15) is 19.8 Å². The standard InChI is InChI=1S/C8H11NO4/c1-6(10)13-8-4-2-7(3-5-8)9(11)12/h2,4,7-8H,3,5H2,1H3. The second kappa shape index (κ2) is 4.02. The Labute approximate surface area is 75.5 Å². The molecular weight excluding hydrogens is 174 g/mol. The van der Waals surface area contributed by atoms with Crippen molar-refractivity contribution in [3.63, 3.8) is 0 Å². The van der Waals surface area contributed by atoms with Gasteiger partial charge in [0.05, 0.1) is 0 Å². The van der Waals surface area contributed by atoms with Gasteiger partial charge in [-0.25, -0.2) is 0 Å². The van der Waals surface area contributed by atoms with Crippen molar-refractivity contribution in [1.82, 2.24) is 0 Å². The van der Waals surface area contributed by atoms with E-state index in [1.54, 1.807) is 6.08 Å². The molecule has 0 bridgehead atoms. The number of nitrogens with zero attached hydrogens (tertiary/aromatic N) is 1. The van der Waals surface area contributed by atoms with Crippen LogP contribution in [0.25, 0.3) is 0 Å². The van der Waals surface area contributed by atoms with Crippen LogP contribution in [-0.4, -0.2) is 23.0 Å². The van der Waals surface area contributed by atoms with E-state index < -0.39 is 6.04 Å².